The third-order valence-corrected chi connectivity index (χ3v) is 10.3. The van der Waals surface area contributed by atoms with Gasteiger partial charge in [0.25, 0.3) is 0 Å². The lowest BCUT2D eigenvalue weighted by Crippen LogP contribution is -2.51. The van der Waals surface area contributed by atoms with Crippen molar-refractivity contribution in [3.05, 3.63) is 36.0 Å². The largest absolute Gasteiger partial charge is 0.384 e. The number of aliphatic hydroxyl groups is 1. The maximum Gasteiger partial charge on any atom is 0.0995 e. The van der Waals surface area contributed by atoms with Crippen molar-refractivity contribution >= 4 is 0 Å². The molecule has 8 unspecified atom stereocenters. The van der Waals surface area contributed by atoms with Gasteiger partial charge in [-0.15, -0.1) is 0 Å². The van der Waals surface area contributed by atoms with Crippen LogP contribution in [0, 0.1) is 46.3 Å². The molecule has 3 saturated carbocycles. The third-order valence-electron chi connectivity index (χ3n) is 10.3. The average Bonchev–Trinajstić information content (AvgIpc) is 3.03. The molecular formula is C29H46O. The molecule has 0 saturated heterocycles. The molecule has 30 heavy (non-hydrogen) atoms. The normalized spacial score (nSPS) is 44.4. The van der Waals surface area contributed by atoms with E-state index in [0.29, 0.717) is 5.41 Å². The second kappa shape index (κ2) is 7.95. The van der Waals surface area contributed by atoms with Gasteiger partial charge in [0.15, 0.2) is 0 Å². The summed E-state index contributed by atoms with van der Waals surface area (Å²) >= 11 is 0. The van der Waals surface area contributed by atoms with Gasteiger partial charge >= 0.3 is 0 Å². The molecule has 0 aliphatic heterocycles. The first-order valence-electron chi connectivity index (χ1n) is 12.8. The van der Waals surface area contributed by atoms with Crippen LogP contribution in [0.25, 0.3) is 0 Å². The summed E-state index contributed by atoms with van der Waals surface area (Å²) in [6.07, 6.45) is 13.9. The third kappa shape index (κ3) is 3.39. The Morgan fingerprint density at radius 1 is 1.07 bits per heavy atom. The minimum absolute atomic E-state index is 0.138. The van der Waals surface area contributed by atoms with Crippen molar-refractivity contribution in [2.45, 2.75) is 98.5 Å². The highest BCUT2D eigenvalue weighted by Crippen LogP contribution is 2.68. The predicted molar refractivity (Wildman–Crippen MR) is 128 cm³/mol. The first-order valence-corrected chi connectivity index (χ1v) is 12.8. The molecule has 0 amide bonds. The van der Waals surface area contributed by atoms with E-state index in [-0.39, 0.29) is 5.41 Å². The average molecular weight is 411 g/mol. The van der Waals surface area contributed by atoms with Gasteiger partial charge in [-0.2, -0.15) is 0 Å². The molecule has 1 nitrogen and oxygen atoms in total. The van der Waals surface area contributed by atoms with Gasteiger partial charge in [-0.05, 0) is 102 Å². The fourth-order valence-electron chi connectivity index (χ4n) is 8.80. The van der Waals surface area contributed by atoms with Gasteiger partial charge in [-0.1, -0.05) is 73.1 Å². The minimum Gasteiger partial charge on any atom is -0.384 e. The van der Waals surface area contributed by atoms with Gasteiger partial charge in [0.1, 0.15) is 0 Å². The highest BCUT2D eigenvalue weighted by atomic mass is 16.3. The minimum atomic E-state index is -0.530. The predicted octanol–water partition coefficient (Wildman–Crippen LogP) is 7.72. The van der Waals surface area contributed by atoms with Gasteiger partial charge in [0.05, 0.1) is 6.10 Å². The van der Waals surface area contributed by atoms with E-state index in [2.05, 4.69) is 53.9 Å². The SMILES string of the molecule is C=C1CC2(C)C(=CCC3C2CCC2(C)C(C(C)CCCC(C)C)CCC32)C(=C)C1O. The van der Waals surface area contributed by atoms with Crippen LogP contribution in [-0.4, -0.2) is 11.2 Å². The highest BCUT2D eigenvalue weighted by molar-refractivity contribution is 5.48. The maximum absolute atomic E-state index is 10.5. The zero-order valence-corrected chi connectivity index (χ0v) is 20.3. The molecular weight excluding hydrogens is 364 g/mol. The molecule has 0 aromatic carbocycles. The Hall–Kier alpha value is -0.820. The van der Waals surface area contributed by atoms with Crippen LogP contribution in [-0.2, 0) is 0 Å². The first kappa shape index (κ1) is 22.4. The van der Waals surface area contributed by atoms with Crippen LogP contribution < -0.4 is 0 Å². The van der Waals surface area contributed by atoms with Crippen LogP contribution in [0.5, 0.6) is 0 Å². The van der Waals surface area contributed by atoms with Crippen molar-refractivity contribution < 1.29 is 5.11 Å². The summed E-state index contributed by atoms with van der Waals surface area (Å²) in [4.78, 5) is 0. The van der Waals surface area contributed by atoms with Crippen LogP contribution in [0.2, 0.25) is 0 Å². The summed E-state index contributed by atoms with van der Waals surface area (Å²) < 4.78 is 0. The molecule has 0 bridgehead atoms. The van der Waals surface area contributed by atoms with E-state index in [1.54, 1.807) is 0 Å². The van der Waals surface area contributed by atoms with Gasteiger partial charge in [-0.3, -0.25) is 0 Å². The van der Waals surface area contributed by atoms with Crippen molar-refractivity contribution in [3.63, 3.8) is 0 Å². The second-order valence-electron chi connectivity index (χ2n) is 12.4. The summed E-state index contributed by atoms with van der Waals surface area (Å²) in [7, 11) is 0. The summed E-state index contributed by atoms with van der Waals surface area (Å²) in [5, 5.41) is 10.5. The standard InChI is InChI=1S/C29H46O/c1-18(2)9-8-10-19(3)23-13-14-25-22-11-12-24-21(5)27(30)20(4)17-29(24,7)26(22)15-16-28(23,25)6/h12,18-19,22-23,25-27,30H,4-5,8-11,13-17H2,1-3,6-7H3. The molecule has 1 heteroatoms. The molecule has 1 N–H and O–H groups in total. The van der Waals surface area contributed by atoms with Crippen LogP contribution in [0.1, 0.15) is 92.4 Å². The summed E-state index contributed by atoms with van der Waals surface area (Å²) in [6, 6.07) is 0. The Bertz CT molecular complexity index is 729. The molecule has 168 valence electrons. The molecule has 4 rings (SSSR count). The Kier molecular flexibility index (Phi) is 5.93. The van der Waals surface area contributed by atoms with Crippen LogP contribution in [0.15, 0.2) is 36.0 Å². The van der Waals surface area contributed by atoms with Crippen molar-refractivity contribution in [1.82, 2.24) is 0 Å². The summed E-state index contributed by atoms with van der Waals surface area (Å²) in [5.41, 5.74) is 3.95. The number of aliphatic hydroxyl groups excluding tert-OH is 1. The van der Waals surface area contributed by atoms with E-state index in [4.69, 9.17) is 0 Å². The maximum atomic E-state index is 10.5. The van der Waals surface area contributed by atoms with Gasteiger partial charge in [-0.25, -0.2) is 0 Å². The molecule has 0 radical (unpaired) electrons. The zero-order chi connectivity index (χ0) is 21.8. The van der Waals surface area contributed by atoms with Crippen LogP contribution in [0.3, 0.4) is 0 Å². The lowest BCUT2D eigenvalue weighted by Gasteiger charge is -2.59. The fraction of sp³-hybridized carbons (Fsp3) is 0.793. The monoisotopic (exact) mass is 410 g/mol. The van der Waals surface area contributed by atoms with E-state index in [0.717, 1.165) is 53.1 Å². The number of rotatable bonds is 5. The summed E-state index contributed by atoms with van der Waals surface area (Å²) in [5.74, 6) is 5.02. The van der Waals surface area contributed by atoms with Crippen molar-refractivity contribution in [1.29, 1.82) is 0 Å². The van der Waals surface area contributed by atoms with Crippen molar-refractivity contribution in [3.8, 4) is 0 Å². The Balaban J connectivity index is 1.54. The van der Waals surface area contributed by atoms with E-state index >= 15 is 0 Å². The smallest absolute Gasteiger partial charge is 0.0995 e. The van der Waals surface area contributed by atoms with E-state index in [9.17, 15) is 5.11 Å². The number of hydrogen-bond donors (Lipinski definition) is 1. The zero-order valence-electron chi connectivity index (χ0n) is 20.3. The highest BCUT2D eigenvalue weighted by Gasteiger charge is 2.59. The van der Waals surface area contributed by atoms with Gasteiger partial charge in [0, 0.05) is 0 Å². The van der Waals surface area contributed by atoms with Crippen molar-refractivity contribution in [2.24, 2.45) is 46.3 Å². The second-order valence-corrected chi connectivity index (χ2v) is 12.4. The molecule has 0 aromatic rings. The molecule has 8 atom stereocenters. The number of allylic oxidation sites excluding steroid dienone is 1. The van der Waals surface area contributed by atoms with Crippen LogP contribution >= 0.6 is 0 Å². The number of fused-ring (bicyclic) bond motifs is 5. The van der Waals surface area contributed by atoms with Crippen molar-refractivity contribution in [2.75, 3.05) is 0 Å². The fourth-order valence-corrected chi connectivity index (χ4v) is 8.80. The van der Waals surface area contributed by atoms with E-state index in [1.807, 2.05) is 0 Å². The molecule has 0 spiro atoms. The molecule has 0 aromatic heterocycles. The molecule has 4 aliphatic carbocycles. The first-order chi connectivity index (χ1) is 14.1. The Labute approximate surface area is 186 Å². The quantitative estimate of drug-likeness (QED) is 0.460. The van der Waals surface area contributed by atoms with Crippen LogP contribution in [0.4, 0.5) is 0 Å². The molecule has 4 aliphatic rings. The van der Waals surface area contributed by atoms with Gasteiger partial charge in [0.2, 0.25) is 0 Å². The number of hydrogen-bond acceptors (Lipinski definition) is 1. The molecule has 0 heterocycles. The summed E-state index contributed by atoms with van der Waals surface area (Å²) in [6.45, 7) is 20.9. The van der Waals surface area contributed by atoms with E-state index in [1.165, 1.54) is 56.9 Å². The van der Waals surface area contributed by atoms with Gasteiger partial charge < -0.3 is 5.11 Å². The Morgan fingerprint density at radius 2 is 1.80 bits per heavy atom. The topological polar surface area (TPSA) is 20.2 Å². The lowest BCUT2D eigenvalue weighted by molar-refractivity contribution is -0.0463. The Morgan fingerprint density at radius 3 is 2.50 bits per heavy atom. The van der Waals surface area contributed by atoms with E-state index < -0.39 is 6.10 Å². The molecule has 3 fully saturated rings. The lowest BCUT2D eigenvalue weighted by atomic mass is 9.46.